The summed E-state index contributed by atoms with van der Waals surface area (Å²) in [5.41, 5.74) is 2.50. The van der Waals surface area contributed by atoms with Gasteiger partial charge in [0.05, 0.1) is 21.1 Å². The Morgan fingerprint density at radius 2 is 1.73 bits per heavy atom. The number of carbonyl (C=O) groups excluding carboxylic acids is 1. The molecule has 1 amide bonds. The van der Waals surface area contributed by atoms with Crippen molar-refractivity contribution in [1.29, 1.82) is 0 Å². The third-order valence-corrected chi connectivity index (χ3v) is 9.32. The number of aromatic nitrogens is 2. The molecule has 3 aromatic rings. The Bertz CT molecular complexity index is 1390. The molecule has 0 bridgehead atoms. The van der Waals surface area contributed by atoms with Gasteiger partial charge in [-0.05, 0) is 101 Å². The summed E-state index contributed by atoms with van der Waals surface area (Å²) < 4.78 is 7.58. The summed E-state index contributed by atoms with van der Waals surface area (Å²) >= 11 is 12.7. The summed E-state index contributed by atoms with van der Waals surface area (Å²) in [6, 6.07) is 14.2. The fourth-order valence-corrected chi connectivity index (χ4v) is 6.73. The number of nitrogens with one attached hydrogen (secondary N) is 1. The smallest absolute Gasteiger partial charge is 0.410 e. The molecule has 2 aliphatic heterocycles. The van der Waals surface area contributed by atoms with E-state index in [9.17, 15) is 9.59 Å². The van der Waals surface area contributed by atoms with Crippen molar-refractivity contribution in [2.45, 2.75) is 76.4 Å². The molecule has 2 fully saturated rings. The lowest BCUT2D eigenvalue weighted by atomic mass is 9.69. The topological polar surface area (TPSA) is 70.6 Å². The fourth-order valence-electron chi connectivity index (χ4n) is 6.43. The van der Waals surface area contributed by atoms with Crippen molar-refractivity contribution < 1.29 is 9.53 Å². The highest BCUT2D eigenvalue weighted by Crippen LogP contribution is 2.42. The Hall–Kier alpha value is -2.48. The standard InChI is InChI=1S/C31H40Cl2N4O3/c1-30(2,3)40-29(39)36-19-14-31(15-20-36,22-9-10-24(32)25(33)21-22)13-6-16-35-17-11-23(12-18-35)37-27-8-5-4-7-26(27)34-28(37)38/h4-5,7-10,21,23H,6,11-20H2,1-3H3,(H,34,38). The molecular weight excluding hydrogens is 547 g/mol. The number of imidazole rings is 1. The van der Waals surface area contributed by atoms with Gasteiger partial charge in [0.1, 0.15) is 5.60 Å². The lowest BCUT2D eigenvalue weighted by molar-refractivity contribution is 0.0155. The van der Waals surface area contributed by atoms with Crippen LogP contribution in [0.5, 0.6) is 0 Å². The molecule has 7 nitrogen and oxygen atoms in total. The van der Waals surface area contributed by atoms with Crippen LogP contribution in [0.15, 0.2) is 47.3 Å². The third-order valence-electron chi connectivity index (χ3n) is 8.58. The van der Waals surface area contributed by atoms with Crippen LogP contribution in [0.3, 0.4) is 0 Å². The van der Waals surface area contributed by atoms with Crippen molar-refractivity contribution >= 4 is 40.3 Å². The van der Waals surface area contributed by atoms with Gasteiger partial charge in [0, 0.05) is 32.2 Å². The van der Waals surface area contributed by atoms with E-state index in [-0.39, 0.29) is 23.2 Å². The first-order valence-corrected chi connectivity index (χ1v) is 15.2. The Balaban J connectivity index is 1.21. The van der Waals surface area contributed by atoms with Crippen LogP contribution in [0.1, 0.15) is 70.9 Å². The van der Waals surface area contributed by atoms with Gasteiger partial charge < -0.3 is 19.5 Å². The number of para-hydroxylation sites is 2. The second kappa shape index (κ2) is 11.8. The maximum absolute atomic E-state index is 12.7. The van der Waals surface area contributed by atoms with Gasteiger partial charge in [-0.15, -0.1) is 0 Å². The van der Waals surface area contributed by atoms with E-state index < -0.39 is 5.60 Å². The minimum absolute atomic E-state index is 0.0130. The zero-order valence-corrected chi connectivity index (χ0v) is 25.2. The van der Waals surface area contributed by atoms with Crippen LogP contribution in [0, 0.1) is 0 Å². The molecule has 216 valence electrons. The summed E-state index contributed by atoms with van der Waals surface area (Å²) in [4.78, 5) is 32.7. The molecule has 0 unspecified atom stereocenters. The van der Waals surface area contributed by atoms with Crippen LogP contribution in [-0.4, -0.2) is 63.8 Å². The van der Waals surface area contributed by atoms with Gasteiger partial charge in [-0.3, -0.25) is 4.57 Å². The normalized spacial score (nSPS) is 18.8. The number of piperidine rings is 2. The van der Waals surface area contributed by atoms with E-state index in [1.54, 1.807) is 0 Å². The van der Waals surface area contributed by atoms with Crippen molar-refractivity contribution in [3.63, 3.8) is 0 Å². The first-order valence-electron chi connectivity index (χ1n) is 14.4. The zero-order valence-electron chi connectivity index (χ0n) is 23.7. The predicted molar refractivity (Wildman–Crippen MR) is 162 cm³/mol. The van der Waals surface area contributed by atoms with Gasteiger partial charge in [0.15, 0.2) is 0 Å². The maximum Gasteiger partial charge on any atom is 0.410 e. The van der Waals surface area contributed by atoms with Crippen LogP contribution >= 0.6 is 23.2 Å². The SMILES string of the molecule is CC(C)(C)OC(=O)N1CCC(CCCN2CCC(n3c(=O)[nH]c4ccccc43)CC2)(c2ccc(Cl)c(Cl)c2)CC1. The molecule has 0 spiro atoms. The molecule has 1 N–H and O–H groups in total. The van der Waals surface area contributed by atoms with Crippen molar-refractivity contribution in [1.82, 2.24) is 19.4 Å². The number of hydrogen-bond donors (Lipinski definition) is 1. The van der Waals surface area contributed by atoms with Gasteiger partial charge in [0.2, 0.25) is 0 Å². The fraction of sp³-hybridized carbons (Fsp3) is 0.548. The first kappa shape index (κ1) is 29.0. The van der Waals surface area contributed by atoms with Crippen LogP contribution in [0.25, 0.3) is 11.0 Å². The van der Waals surface area contributed by atoms with Crippen molar-refractivity contribution in [3.8, 4) is 0 Å². The van der Waals surface area contributed by atoms with E-state index in [1.807, 2.05) is 66.6 Å². The second-order valence-corrected chi connectivity index (χ2v) is 13.2. The van der Waals surface area contributed by atoms with Gasteiger partial charge in [-0.25, -0.2) is 9.59 Å². The van der Waals surface area contributed by atoms with E-state index in [1.165, 1.54) is 5.56 Å². The highest BCUT2D eigenvalue weighted by Gasteiger charge is 2.38. The van der Waals surface area contributed by atoms with Crippen molar-refractivity contribution in [2.75, 3.05) is 32.7 Å². The van der Waals surface area contributed by atoms with E-state index in [4.69, 9.17) is 27.9 Å². The quantitative estimate of drug-likeness (QED) is 0.337. The highest BCUT2D eigenvalue weighted by atomic mass is 35.5. The van der Waals surface area contributed by atoms with E-state index in [2.05, 4.69) is 16.0 Å². The van der Waals surface area contributed by atoms with Crippen LogP contribution in [0.2, 0.25) is 10.0 Å². The number of nitrogens with zero attached hydrogens (tertiary/aromatic N) is 3. The molecule has 2 aliphatic rings. The Kier molecular flexibility index (Phi) is 8.55. The molecule has 0 aliphatic carbocycles. The molecule has 0 saturated carbocycles. The summed E-state index contributed by atoms with van der Waals surface area (Å²) in [6.45, 7) is 9.96. The predicted octanol–water partition coefficient (Wildman–Crippen LogP) is 7.02. The lowest BCUT2D eigenvalue weighted by Gasteiger charge is -2.43. The van der Waals surface area contributed by atoms with Gasteiger partial charge in [0.25, 0.3) is 0 Å². The number of likely N-dealkylation sites (tertiary alicyclic amines) is 2. The molecule has 5 rings (SSSR count). The third kappa shape index (κ3) is 6.37. The number of amides is 1. The minimum Gasteiger partial charge on any atom is -0.444 e. The molecular formula is C31H40Cl2N4O3. The molecule has 2 aromatic carbocycles. The molecule has 3 heterocycles. The van der Waals surface area contributed by atoms with Crippen LogP contribution < -0.4 is 5.69 Å². The maximum atomic E-state index is 12.7. The van der Waals surface area contributed by atoms with Crippen LogP contribution in [-0.2, 0) is 10.2 Å². The number of carbonyl (C=O) groups is 1. The molecule has 0 radical (unpaired) electrons. The summed E-state index contributed by atoms with van der Waals surface area (Å²) in [5, 5.41) is 1.13. The Morgan fingerprint density at radius 3 is 2.40 bits per heavy atom. The number of fused-ring (bicyclic) bond motifs is 1. The molecule has 9 heteroatoms. The van der Waals surface area contributed by atoms with Crippen molar-refractivity contribution in [2.24, 2.45) is 0 Å². The Morgan fingerprint density at radius 1 is 1.02 bits per heavy atom. The summed E-state index contributed by atoms with van der Waals surface area (Å²) in [6.07, 6.45) is 5.45. The number of hydrogen-bond acceptors (Lipinski definition) is 4. The number of rotatable bonds is 6. The molecule has 1 aromatic heterocycles. The largest absolute Gasteiger partial charge is 0.444 e. The average Bonchev–Trinajstić information content (AvgIpc) is 3.25. The first-order chi connectivity index (χ1) is 19.0. The van der Waals surface area contributed by atoms with Crippen LogP contribution in [0.4, 0.5) is 4.79 Å². The number of halogens is 2. The van der Waals surface area contributed by atoms with E-state index >= 15 is 0 Å². The number of ether oxygens (including phenoxy) is 1. The molecule has 0 atom stereocenters. The number of aromatic amines is 1. The number of H-pyrrole nitrogens is 1. The summed E-state index contributed by atoms with van der Waals surface area (Å²) in [7, 11) is 0. The number of benzene rings is 2. The zero-order chi connectivity index (χ0) is 28.5. The Labute approximate surface area is 246 Å². The van der Waals surface area contributed by atoms with E-state index in [0.29, 0.717) is 23.1 Å². The summed E-state index contributed by atoms with van der Waals surface area (Å²) in [5.74, 6) is 0. The van der Waals surface area contributed by atoms with E-state index in [0.717, 1.165) is 69.2 Å². The molecule has 40 heavy (non-hydrogen) atoms. The second-order valence-electron chi connectivity index (χ2n) is 12.4. The lowest BCUT2D eigenvalue weighted by Crippen LogP contribution is -2.47. The van der Waals surface area contributed by atoms with Gasteiger partial charge in [-0.1, -0.05) is 41.4 Å². The van der Waals surface area contributed by atoms with Gasteiger partial charge in [-0.2, -0.15) is 0 Å². The average molecular weight is 588 g/mol. The molecule has 2 saturated heterocycles. The van der Waals surface area contributed by atoms with Gasteiger partial charge >= 0.3 is 11.8 Å². The minimum atomic E-state index is -0.509. The highest BCUT2D eigenvalue weighted by molar-refractivity contribution is 6.42. The monoisotopic (exact) mass is 586 g/mol. The van der Waals surface area contributed by atoms with Crippen molar-refractivity contribution in [3.05, 3.63) is 68.6 Å².